The van der Waals surface area contributed by atoms with Crippen molar-refractivity contribution in [3.05, 3.63) is 59.5 Å². The molecule has 16 heavy (non-hydrogen) atoms. The van der Waals surface area contributed by atoms with E-state index in [0.29, 0.717) is 0 Å². The van der Waals surface area contributed by atoms with Crippen LogP contribution in [0.25, 0.3) is 11.1 Å². The Kier molecular flexibility index (Phi) is 1.11. The zero-order chi connectivity index (χ0) is 18.3. The number of benzene rings is 2. The molecule has 0 aliphatic heterocycles. The van der Waals surface area contributed by atoms with Crippen molar-refractivity contribution >= 4 is 0 Å². The molecule has 0 aromatic heterocycles. The lowest BCUT2D eigenvalue weighted by molar-refractivity contribution is 1.47. The van der Waals surface area contributed by atoms with Crippen LogP contribution in [0.2, 0.25) is 0 Å². The van der Waals surface area contributed by atoms with Crippen LogP contribution in [-0.4, -0.2) is 0 Å². The van der Waals surface area contributed by atoms with Crippen LogP contribution in [0.1, 0.15) is 22.1 Å². The Hall–Kier alpha value is -2.58. The number of nitrogens with zero attached hydrogens (tertiary/aromatic N) is 2. The SMILES string of the molecule is [2H]c1c([2H])c(-c2c([2H])c([2H])c(C#N)c([2H])c2[2H])c([2H])c([2H])c1C#N. The summed E-state index contributed by atoms with van der Waals surface area (Å²) in [4.78, 5) is 0. The van der Waals surface area contributed by atoms with Crippen LogP contribution >= 0.6 is 0 Å². The highest BCUT2D eigenvalue weighted by Gasteiger charge is 1.98. The lowest BCUT2D eigenvalue weighted by atomic mass is 10.0. The zero-order valence-corrected chi connectivity index (χ0v) is 7.89. The van der Waals surface area contributed by atoms with Crippen molar-refractivity contribution in [3.8, 4) is 23.3 Å². The quantitative estimate of drug-likeness (QED) is 0.729. The summed E-state index contributed by atoms with van der Waals surface area (Å²) in [5.41, 5.74) is -1.83. The van der Waals surface area contributed by atoms with Crippen LogP contribution in [0.4, 0.5) is 0 Å². The third-order valence-electron chi connectivity index (χ3n) is 1.72. The van der Waals surface area contributed by atoms with E-state index in [9.17, 15) is 0 Å². The molecule has 0 unspecified atom stereocenters. The maximum atomic E-state index is 8.95. The minimum Gasteiger partial charge on any atom is -0.192 e. The predicted octanol–water partition coefficient (Wildman–Crippen LogP) is 3.10. The number of nitriles is 2. The summed E-state index contributed by atoms with van der Waals surface area (Å²) < 4.78 is 62.9. The van der Waals surface area contributed by atoms with Gasteiger partial charge >= 0.3 is 0 Å². The highest BCUT2D eigenvalue weighted by atomic mass is 14.2. The summed E-state index contributed by atoms with van der Waals surface area (Å²) in [6.45, 7) is 0. The number of hydrogen-bond donors (Lipinski definition) is 0. The minimum absolute atomic E-state index is 0.439. The van der Waals surface area contributed by atoms with Crippen molar-refractivity contribution in [2.75, 3.05) is 0 Å². The van der Waals surface area contributed by atoms with E-state index in [-0.39, 0.29) is 0 Å². The molecule has 2 nitrogen and oxygen atoms in total. The van der Waals surface area contributed by atoms with Gasteiger partial charge in [-0.2, -0.15) is 10.5 Å². The van der Waals surface area contributed by atoms with Crippen molar-refractivity contribution in [1.82, 2.24) is 0 Å². The van der Waals surface area contributed by atoms with Gasteiger partial charge in [-0.15, -0.1) is 0 Å². The minimum atomic E-state index is -0.641. The Morgan fingerprint density at radius 2 is 1.00 bits per heavy atom. The molecule has 0 heterocycles. The van der Waals surface area contributed by atoms with Gasteiger partial charge in [0, 0.05) is 0 Å². The van der Waals surface area contributed by atoms with Crippen LogP contribution in [-0.2, 0) is 0 Å². The van der Waals surface area contributed by atoms with E-state index in [2.05, 4.69) is 0 Å². The molecule has 2 heteroatoms. The molecule has 2 aromatic rings. The highest BCUT2D eigenvalue weighted by Crippen LogP contribution is 2.19. The molecule has 0 fully saturated rings. The van der Waals surface area contributed by atoms with E-state index in [1.807, 2.05) is 0 Å². The Bertz CT molecular complexity index is 831. The van der Waals surface area contributed by atoms with Gasteiger partial charge in [0.2, 0.25) is 0 Å². The van der Waals surface area contributed by atoms with Crippen molar-refractivity contribution in [1.29, 1.82) is 10.5 Å². The van der Waals surface area contributed by atoms with Gasteiger partial charge in [-0.05, 0) is 35.3 Å². The average Bonchev–Trinajstić information content (AvgIpc) is 2.55. The summed E-state index contributed by atoms with van der Waals surface area (Å²) in [6.07, 6.45) is 0. The summed E-state index contributed by atoms with van der Waals surface area (Å²) in [5, 5.41) is 17.9. The molecule has 2 aromatic carbocycles. The molecule has 2 rings (SSSR count). The second kappa shape index (κ2) is 4.29. The van der Waals surface area contributed by atoms with E-state index in [4.69, 9.17) is 21.5 Å². The van der Waals surface area contributed by atoms with Crippen LogP contribution < -0.4 is 0 Å². The second-order valence-electron chi connectivity index (χ2n) is 2.72. The van der Waals surface area contributed by atoms with E-state index >= 15 is 0 Å². The lowest BCUT2D eigenvalue weighted by Gasteiger charge is -2.01. The van der Waals surface area contributed by atoms with E-state index in [0.717, 1.165) is 0 Å². The van der Waals surface area contributed by atoms with Crippen LogP contribution in [0.3, 0.4) is 0 Å². The Labute approximate surface area is 105 Å². The average molecular weight is 212 g/mol. The van der Waals surface area contributed by atoms with E-state index < -0.39 is 70.6 Å². The van der Waals surface area contributed by atoms with Crippen LogP contribution in [0.15, 0.2) is 48.3 Å². The Morgan fingerprint density at radius 3 is 1.25 bits per heavy atom. The second-order valence-corrected chi connectivity index (χ2v) is 2.72. The summed E-state index contributed by atoms with van der Waals surface area (Å²) in [7, 11) is 0. The Balaban J connectivity index is 3.06. The van der Waals surface area contributed by atoms with Gasteiger partial charge in [-0.1, -0.05) is 24.2 Å². The fourth-order valence-electron chi connectivity index (χ4n) is 0.987. The molecule has 0 aliphatic rings. The molecule has 0 bridgehead atoms. The molecule has 0 amide bonds. The molecule has 74 valence electrons. The maximum Gasteiger partial charge on any atom is 0.0991 e. The Morgan fingerprint density at radius 1 is 0.688 bits per heavy atom. The number of rotatable bonds is 1. The molecule has 0 aliphatic carbocycles. The standard InChI is InChI=1S/C14H8N2/c15-9-11-1-5-13(6-2-11)14-7-3-12(10-16)4-8-14/h1-8H/i1D,2D,3D,4D,5D,6D,7D,8D. The van der Waals surface area contributed by atoms with Gasteiger partial charge < -0.3 is 0 Å². The van der Waals surface area contributed by atoms with Crippen molar-refractivity contribution in [2.45, 2.75) is 0 Å². The van der Waals surface area contributed by atoms with Gasteiger partial charge in [0.15, 0.2) is 0 Å². The molecule has 0 atom stereocenters. The molecule has 0 N–H and O–H groups in total. The first-order chi connectivity index (χ1) is 11.2. The smallest absolute Gasteiger partial charge is 0.0991 e. The summed E-state index contributed by atoms with van der Waals surface area (Å²) in [6, 6.07) is -1.95. The maximum absolute atomic E-state index is 8.95. The van der Waals surface area contributed by atoms with Gasteiger partial charge in [-0.3, -0.25) is 0 Å². The van der Waals surface area contributed by atoms with Crippen LogP contribution in [0.5, 0.6) is 0 Å². The first-order valence-corrected chi connectivity index (χ1v) is 4.20. The fraction of sp³-hybridized carbons (Fsp3) is 0. The van der Waals surface area contributed by atoms with Gasteiger partial charge in [-0.25, -0.2) is 0 Å². The zero-order valence-electron chi connectivity index (χ0n) is 15.9. The van der Waals surface area contributed by atoms with Crippen molar-refractivity contribution in [2.24, 2.45) is 0 Å². The highest BCUT2D eigenvalue weighted by molar-refractivity contribution is 5.64. The van der Waals surface area contributed by atoms with Gasteiger partial charge in [0.1, 0.15) is 0 Å². The molecule has 0 saturated heterocycles. The first-order valence-electron chi connectivity index (χ1n) is 8.20. The van der Waals surface area contributed by atoms with Crippen LogP contribution in [0, 0.1) is 22.7 Å². The predicted molar refractivity (Wildman–Crippen MR) is 61.3 cm³/mol. The molecule has 0 spiro atoms. The third kappa shape index (κ3) is 1.92. The van der Waals surface area contributed by atoms with Crippen molar-refractivity contribution in [3.63, 3.8) is 0 Å². The normalized spacial score (nSPS) is 16.1. The van der Waals surface area contributed by atoms with E-state index in [1.54, 1.807) is 12.1 Å². The van der Waals surface area contributed by atoms with E-state index in [1.165, 1.54) is 0 Å². The first kappa shape index (κ1) is 4.12. The summed E-state index contributed by atoms with van der Waals surface area (Å²) >= 11 is 0. The van der Waals surface area contributed by atoms with Crippen molar-refractivity contribution < 1.29 is 11.0 Å². The molecule has 0 radical (unpaired) electrons. The lowest BCUT2D eigenvalue weighted by Crippen LogP contribution is -1.80. The fourth-order valence-corrected chi connectivity index (χ4v) is 0.987. The summed E-state index contributed by atoms with van der Waals surface area (Å²) in [5.74, 6) is 0. The monoisotopic (exact) mass is 212 g/mol. The van der Waals surface area contributed by atoms with Gasteiger partial charge in [0.25, 0.3) is 0 Å². The largest absolute Gasteiger partial charge is 0.192 e. The topological polar surface area (TPSA) is 47.6 Å². The molecule has 0 saturated carbocycles. The number of hydrogen-bond acceptors (Lipinski definition) is 2. The molecular weight excluding hydrogens is 196 g/mol. The molecular formula is C14H8N2. The van der Waals surface area contributed by atoms with Gasteiger partial charge in [0.05, 0.1) is 34.2 Å². The third-order valence-corrected chi connectivity index (χ3v) is 1.72.